The van der Waals surface area contributed by atoms with Crippen LogP contribution in [0.1, 0.15) is 43.0 Å². The molecule has 8 aromatic carbocycles. The Morgan fingerprint density at radius 3 is 1.80 bits per heavy atom. The molecule has 0 radical (unpaired) electrons. The van der Waals surface area contributed by atoms with E-state index in [1.54, 1.807) is 0 Å². The Bertz CT molecular complexity index is 3680. The number of fused-ring (bicyclic) bond motifs is 6. The van der Waals surface area contributed by atoms with Crippen LogP contribution in [0.25, 0.3) is 72.2 Å². The third-order valence-electron chi connectivity index (χ3n) is 13.7. The molecule has 69 heavy (non-hydrogen) atoms. The molecule has 3 aromatic heterocycles. The van der Waals surface area contributed by atoms with E-state index in [1.807, 2.05) is 18.3 Å². The zero-order chi connectivity index (χ0) is 47.0. The molecular weight excluding hydrogens is 845 g/mol. The fourth-order valence-electron chi connectivity index (χ4n) is 10.5. The Balaban J connectivity index is 1.00. The smallest absolute Gasteiger partial charge is 0.161 e. The lowest BCUT2D eigenvalue weighted by atomic mass is 9.88. The first-order valence-corrected chi connectivity index (χ1v) is 23.8. The highest BCUT2D eigenvalue weighted by molar-refractivity contribution is 6.16. The van der Waals surface area contributed by atoms with E-state index in [-0.39, 0.29) is 5.41 Å². The Labute approximate surface area is 403 Å². The van der Waals surface area contributed by atoms with Crippen LogP contribution < -0.4 is 14.5 Å². The van der Waals surface area contributed by atoms with Gasteiger partial charge >= 0.3 is 0 Å². The van der Waals surface area contributed by atoms with Crippen molar-refractivity contribution in [2.75, 3.05) is 16.5 Å². The van der Waals surface area contributed by atoms with Crippen LogP contribution in [-0.4, -0.2) is 16.2 Å². The Morgan fingerprint density at radius 1 is 0.522 bits per heavy atom. The van der Waals surface area contributed by atoms with Gasteiger partial charge in [0.05, 0.1) is 16.9 Å². The van der Waals surface area contributed by atoms with Crippen molar-refractivity contribution in [3.05, 3.63) is 217 Å². The molecule has 0 saturated heterocycles. The molecule has 0 atom stereocenters. The minimum Gasteiger partial charge on any atom is -0.457 e. The molecule has 0 N–H and O–H groups in total. The van der Waals surface area contributed by atoms with Gasteiger partial charge in [-0.25, -0.2) is 4.98 Å². The zero-order valence-corrected chi connectivity index (χ0v) is 39.8. The molecule has 4 heterocycles. The van der Waals surface area contributed by atoms with E-state index in [0.717, 1.165) is 78.6 Å². The maximum atomic E-state index is 7.11. The van der Waals surface area contributed by atoms with E-state index in [0.29, 0.717) is 6.67 Å². The van der Waals surface area contributed by atoms with E-state index in [4.69, 9.17) is 14.1 Å². The van der Waals surface area contributed by atoms with Gasteiger partial charge in [-0.1, -0.05) is 123 Å². The van der Waals surface area contributed by atoms with Crippen LogP contribution in [-0.2, 0) is 5.41 Å². The number of rotatable bonds is 8. The molecule has 1 aliphatic rings. The molecular formula is C63H52N4O2. The molecule has 0 amide bonds. The van der Waals surface area contributed by atoms with Crippen LogP contribution in [0.2, 0.25) is 0 Å². The van der Waals surface area contributed by atoms with Crippen LogP contribution in [0, 0.1) is 20.8 Å². The van der Waals surface area contributed by atoms with E-state index in [2.05, 4.69) is 232 Å². The highest BCUT2D eigenvalue weighted by Gasteiger charge is 2.30. The fraction of sp³-hybridized carbons (Fsp3) is 0.127. The van der Waals surface area contributed by atoms with Gasteiger partial charge in [-0.2, -0.15) is 0 Å². The fourth-order valence-corrected chi connectivity index (χ4v) is 10.5. The molecule has 1 aliphatic heterocycles. The average Bonchev–Trinajstić information content (AvgIpc) is 4.03. The quantitative estimate of drug-likeness (QED) is 0.152. The van der Waals surface area contributed by atoms with Crippen molar-refractivity contribution in [1.82, 2.24) is 9.55 Å². The maximum Gasteiger partial charge on any atom is 0.161 e. The van der Waals surface area contributed by atoms with Gasteiger partial charge in [0.2, 0.25) is 0 Å². The first-order chi connectivity index (χ1) is 33.5. The summed E-state index contributed by atoms with van der Waals surface area (Å²) >= 11 is 0. The molecule has 6 nitrogen and oxygen atoms in total. The van der Waals surface area contributed by atoms with Crippen molar-refractivity contribution in [3.8, 4) is 50.7 Å². The van der Waals surface area contributed by atoms with Crippen LogP contribution in [0.5, 0.6) is 11.5 Å². The van der Waals surface area contributed by atoms with Crippen molar-refractivity contribution < 1.29 is 9.15 Å². The highest BCUT2D eigenvalue weighted by atomic mass is 16.5. The molecule has 6 heteroatoms. The monoisotopic (exact) mass is 896 g/mol. The van der Waals surface area contributed by atoms with Crippen molar-refractivity contribution in [3.63, 3.8) is 0 Å². The number of para-hydroxylation sites is 3. The molecule has 11 aromatic rings. The summed E-state index contributed by atoms with van der Waals surface area (Å²) in [5.41, 5.74) is 19.9. The molecule has 12 rings (SSSR count). The first-order valence-electron chi connectivity index (χ1n) is 23.8. The summed E-state index contributed by atoms with van der Waals surface area (Å²) in [6.07, 6.45) is 1.91. The molecule has 336 valence electrons. The predicted octanol–water partition coefficient (Wildman–Crippen LogP) is 17.2. The molecule has 0 bridgehead atoms. The first kappa shape index (κ1) is 42.0. The lowest BCUT2D eigenvalue weighted by molar-refractivity contribution is 0.483. The second kappa shape index (κ2) is 16.5. The minimum atomic E-state index is -0.0619. The Hall–Kier alpha value is -8.35. The number of benzene rings is 8. The average molecular weight is 897 g/mol. The summed E-state index contributed by atoms with van der Waals surface area (Å²) in [6, 6.07) is 67.2. The van der Waals surface area contributed by atoms with Crippen LogP contribution >= 0.6 is 0 Å². The van der Waals surface area contributed by atoms with Gasteiger partial charge in [-0.05, 0) is 155 Å². The number of nitrogens with zero attached hydrogens (tertiary/aromatic N) is 4. The molecule has 0 spiro atoms. The summed E-state index contributed by atoms with van der Waals surface area (Å²) < 4.78 is 16.0. The second-order valence-electron chi connectivity index (χ2n) is 19.5. The van der Waals surface area contributed by atoms with Gasteiger partial charge in [0.1, 0.15) is 35.1 Å². The zero-order valence-electron chi connectivity index (χ0n) is 39.8. The number of ether oxygens (including phenoxy) is 1. The van der Waals surface area contributed by atoms with Gasteiger partial charge in [-0.3, -0.25) is 4.57 Å². The van der Waals surface area contributed by atoms with E-state index in [1.165, 1.54) is 50.1 Å². The molecule has 0 saturated carbocycles. The number of aryl methyl sites for hydroxylation is 3. The van der Waals surface area contributed by atoms with Gasteiger partial charge < -0.3 is 19.0 Å². The van der Waals surface area contributed by atoms with Crippen molar-refractivity contribution >= 4 is 55.7 Å². The third kappa shape index (κ3) is 7.49. The van der Waals surface area contributed by atoms with Gasteiger partial charge in [0.25, 0.3) is 0 Å². The van der Waals surface area contributed by atoms with E-state index < -0.39 is 0 Å². The maximum absolute atomic E-state index is 7.11. The summed E-state index contributed by atoms with van der Waals surface area (Å²) in [7, 11) is 0. The number of anilines is 4. The van der Waals surface area contributed by atoms with E-state index in [9.17, 15) is 0 Å². The summed E-state index contributed by atoms with van der Waals surface area (Å²) in [6.45, 7) is 13.9. The van der Waals surface area contributed by atoms with Gasteiger partial charge in [0, 0.05) is 40.5 Å². The highest BCUT2D eigenvalue weighted by Crippen LogP contribution is 2.48. The van der Waals surface area contributed by atoms with Crippen LogP contribution in [0.15, 0.2) is 199 Å². The lowest BCUT2D eigenvalue weighted by Gasteiger charge is -2.25. The van der Waals surface area contributed by atoms with Crippen molar-refractivity contribution in [2.24, 2.45) is 0 Å². The minimum absolute atomic E-state index is 0.0619. The van der Waals surface area contributed by atoms with Crippen molar-refractivity contribution in [1.29, 1.82) is 0 Å². The van der Waals surface area contributed by atoms with Crippen LogP contribution in [0.3, 0.4) is 0 Å². The third-order valence-corrected chi connectivity index (χ3v) is 13.7. The number of hydrogen-bond donors (Lipinski definition) is 0. The number of hydrogen-bond acceptors (Lipinski definition) is 5. The molecule has 0 fully saturated rings. The molecule has 0 unspecified atom stereocenters. The number of aromatic nitrogens is 2. The normalized spacial score (nSPS) is 12.7. The second-order valence-corrected chi connectivity index (χ2v) is 19.5. The van der Waals surface area contributed by atoms with Crippen molar-refractivity contribution in [2.45, 2.75) is 47.0 Å². The number of furan rings is 1. The lowest BCUT2D eigenvalue weighted by Crippen LogP contribution is -2.24. The largest absolute Gasteiger partial charge is 0.457 e. The van der Waals surface area contributed by atoms with Gasteiger partial charge in [-0.15, -0.1) is 0 Å². The SMILES string of the molecule is Cc1cc(C)c(-c2cc(Oc3ccc4c5oc6ccccc6c5n(-c5cc(C(C)(C)C)ccn5)c4c3)cc(N3CN(c4cc(-c5ccccc5)cc(-c5ccccc5)c4)c4ccccc43)c2)c(C)c1. The van der Waals surface area contributed by atoms with E-state index >= 15 is 0 Å². The summed E-state index contributed by atoms with van der Waals surface area (Å²) in [5.74, 6) is 2.30. The Kier molecular flexibility index (Phi) is 10.0. The summed E-state index contributed by atoms with van der Waals surface area (Å²) in [4.78, 5) is 9.84. The van der Waals surface area contributed by atoms with Crippen LogP contribution in [0.4, 0.5) is 22.7 Å². The topological polar surface area (TPSA) is 46.7 Å². The Morgan fingerprint density at radius 2 is 1.13 bits per heavy atom. The predicted molar refractivity (Wildman–Crippen MR) is 286 cm³/mol. The number of pyridine rings is 1. The molecule has 0 aliphatic carbocycles. The standard InChI is InChI=1S/C63H52N4O2/c1-40-29-41(2)60(42(3)30-40)47-34-50(66-39-65(55-22-14-15-23-56(55)66)49-32-45(43-17-9-7-10-18-43)31-46(33-49)44-19-11-8-12-20-44)37-52(35-47)68-51-25-26-53-57(38-51)67(59-36-48(27-28-64-59)63(4,5)6)61-54-21-13-16-24-58(54)69-62(53)61/h7-38H,39H2,1-6H3. The summed E-state index contributed by atoms with van der Waals surface area (Å²) in [5, 5.41) is 2.04. The van der Waals surface area contributed by atoms with Gasteiger partial charge in [0.15, 0.2) is 5.58 Å².